The maximum atomic E-state index is 11.8. The van der Waals surface area contributed by atoms with E-state index in [-0.39, 0.29) is 12.5 Å². The van der Waals surface area contributed by atoms with Gasteiger partial charge >= 0.3 is 0 Å². The molecule has 0 aliphatic heterocycles. The highest BCUT2D eigenvalue weighted by atomic mass is 16.3. The number of carbonyl (C=O) groups excluding carboxylic acids is 1. The molecule has 1 amide bonds. The van der Waals surface area contributed by atoms with Gasteiger partial charge in [-0.2, -0.15) is 0 Å². The molecule has 98 valence electrons. The lowest BCUT2D eigenvalue weighted by Gasteiger charge is -2.06. The number of benzene rings is 1. The van der Waals surface area contributed by atoms with Crippen molar-refractivity contribution in [2.24, 2.45) is 0 Å². The van der Waals surface area contributed by atoms with Crippen molar-refractivity contribution in [1.29, 1.82) is 0 Å². The van der Waals surface area contributed by atoms with Crippen molar-refractivity contribution >= 4 is 5.91 Å². The van der Waals surface area contributed by atoms with Crippen molar-refractivity contribution < 1.29 is 9.90 Å². The summed E-state index contributed by atoms with van der Waals surface area (Å²) in [6.45, 7) is 0.483. The molecule has 2 aromatic rings. The minimum atomic E-state index is -0.0272. The van der Waals surface area contributed by atoms with Crippen LogP contribution in [-0.4, -0.2) is 16.0 Å². The smallest absolute Gasteiger partial charge is 0.224 e. The highest BCUT2D eigenvalue weighted by molar-refractivity contribution is 5.78. The number of nitrogens with zero attached hydrogens (tertiary/aromatic N) is 1. The highest BCUT2D eigenvalue weighted by Gasteiger charge is 2.03. The lowest BCUT2D eigenvalue weighted by Crippen LogP contribution is -2.24. The van der Waals surface area contributed by atoms with Crippen molar-refractivity contribution in [3.63, 3.8) is 0 Å². The molecule has 0 saturated heterocycles. The van der Waals surface area contributed by atoms with Crippen LogP contribution in [0.1, 0.15) is 16.7 Å². The number of pyridine rings is 1. The van der Waals surface area contributed by atoms with Crippen LogP contribution in [0.5, 0.6) is 0 Å². The van der Waals surface area contributed by atoms with Gasteiger partial charge in [-0.25, -0.2) is 0 Å². The lowest BCUT2D eigenvalue weighted by atomic mass is 10.1. The van der Waals surface area contributed by atoms with Crippen molar-refractivity contribution in [3.8, 4) is 0 Å². The number of hydrogen-bond donors (Lipinski definition) is 2. The van der Waals surface area contributed by atoms with E-state index >= 15 is 0 Å². The van der Waals surface area contributed by atoms with E-state index in [0.717, 1.165) is 16.7 Å². The molecule has 2 N–H and O–H groups in total. The van der Waals surface area contributed by atoms with Gasteiger partial charge in [-0.1, -0.05) is 24.3 Å². The Morgan fingerprint density at radius 3 is 2.58 bits per heavy atom. The molecule has 0 aliphatic carbocycles. The SMILES string of the molecule is O=C(Cc1ccncc1)NCc1cccc(CO)c1. The van der Waals surface area contributed by atoms with Crippen LogP contribution in [0.2, 0.25) is 0 Å². The van der Waals surface area contributed by atoms with Gasteiger partial charge in [0.2, 0.25) is 5.91 Å². The molecule has 0 atom stereocenters. The Labute approximate surface area is 112 Å². The predicted molar refractivity (Wildman–Crippen MR) is 72.2 cm³/mol. The second kappa shape index (κ2) is 6.66. The molecule has 0 bridgehead atoms. The van der Waals surface area contributed by atoms with Crippen molar-refractivity contribution in [2.75, 3.05) is 0 Å². The van der Waals surface area contributed by atoms with Gasteiger partial charge in [0.05, 0.1) is 13.0 Å². The Hall–Kier alpha value is -2.20. The second-order valence-electron chi connectivity index (χ2n) is 4.29. The Kier molecular flexibility index (Phi) is 4.64. The van der Waals surface area contributed by atoms with Gasteiger partial charge in [-0.05, 0) is 28.8 Å². The number of amides is 1. The molecular formula is C15H16N2O2. The summed E-state index contributed by atoms with van der Waals surface area (Å²) in [5.74, 6) is -0.0272. The van der Waals surface area contributed by atoms with E-state index in [0.29, 0.717) is 13.0 Å². The lowest BCUT2D eigenvalue weighted by molar-refractivity contribution is -0.120. The summed E-state index contributed by atoms with van der Waals surface area (Å²) in [5, 5.41) is 11.9. The van der Waals surface area contributed by atoms with E-state index < -0.39 is 0 Å². The summed E-state index contributed by atoms with van der Waals surface area (Å²) in [7, 11) is 0. The van der Waals surface area contributed by atoms with E-state index in [2.05, 4.69) is 10.3 Å². The fourth-order valence-corrected chi connectivity index (χ4v) is 1.79. The molecule has 0 saturated carbocycles. The number of carbonyl (C=O) groups is 1. The summed E-state index contributed by atoms with van der Waals surface area (Å²) in [6.07, 6.45) is 3.70. The van der Waals surface area contributed by atoms with Gasteiger partial charge in [-0.15, -0.1) is 0 Å². The second-order valence-corrected chi connectivity index (χ2v) is 4.29. The first-order chi connectivity index (χ1) is 9.28. The first kappa shape index (κ1) is 13.2. The maximum Gasteiger partial charge on any atom is 0.224 e. The average Bonchev–Trinajstić information content (AvgIpc) is 2.46. The van der Waals surface area contributed by atoms with Crippen LogP contribution in [0.15, 0.2) is 48.8 Å². The number of aromatic nitrogens is 1. The van der Waals surface area contributed by atoms with Crippen molar-refractivity contribution in [3.05, 3.63) is 65.5 Å². The Balaban J connectivity index is 1.86. The van der Waals surface area contributed by atoms with E-state index in [1.165, 1.54) is 0 Å². The molecule has 0 fully saturated rings. The van der Waals surface area contributed by atoms with E-state index in [9.17, 15) is 4.79 Å². The molecule has 0 unspecified atom stereocenters. The molecule has 1 aromatic carbocycles. The summed E-state index contributed by atoms with van der Waals surface area (Å²) in [6, 6.07) is 11.2. The van der Waals surface area contributed by atoms with Gasteiger partial charge in [0, 0.05) is 18.9 Å². The highest BCUT2D eigenvalue weighted by Crippen LogP contribution is 2.05. The van der Waals surface area contributed by atoms with Crippen LogP contribution < -0.4 is 5.32 Å². The zero-order valence-corrected chi connectivity index (χ0v) is 10.5. The molecule has 1 aromatic heterocycles. The monoisotopic (exact) mass is 256 g/mol. The van der Waals surface area contributed by atoms with E-state index in [4.69, 9.17) is 5.11 Å². The molecule has 0 spiro atoms. The van der Waals surface area contributed by atoms with Crippen LogP contribution in [0.25, 0.3) is 0 Å². The Morgan fingerprint density at radius 2 is 1.84 bits per heavy atom. The summed E-state index contributed by atoms with van der Waals surface area (Å²) >= 11 is 0. The molecule has 4 heteroatoms. The van der Waals surface area contributed by atoms with Gasteiger partial charge in [-0.3, -0.25) is 9.78 Å². The molecule has 19 heavy (non-hydrogen) atoms. The third-order valence-corrected chi connectivity index (χ3v) is 2.78. The topological polar surface area (TPSA) is 62.2 Å². The van der Waals surface area contributed by atoms with Crippen molar-refractivity contribution in [2.45, 2.75) is 19.6 Å². The number of nitrogens with one attached hydrogen (secondary N) is 1. The molecule has 4 nitrogen and oxygen atoms in total. The zero-order valence-electron chi connectivity index (χ0n) is 10.5. The van der Waals surface area contributed by atoms with E-state index in [1.807, 2.05) is 36.4 Å². The van der Waals surface area contributed by atoms with Crippen LogP contribution in [0.4, 0.5) is 0 Å². The number of aliphatic hydroxyl groups is 1. The van der Waals surface area contributed by atoms with Crippen LogP contribution in [-0.2, 0) is 24.4 Å². The maximum absolute atomic E-state index is 11.8. The van der Waals surface area contributed by atoms with Crippen LogP contribution in [0, 0.1) is 0 Å². The zero-order chi connectivity index (χ0) is 13.5. The summed E-state index contributed by atoms with van der Waals surface area (Å²) < 4.78 is 0. The van der Waals surface area contributed by atoms with Gasteiger partial charge < -0.3 is 10.4 Å². The van der Waals surface area contributed by atoms with Gasteiger partial charge in [0.1, 0.15) is 0 Å². The third-order valence-electron chi connectivity index (χ3n) is 2.78. The largest absolute Gasteiger partial charge is 0.392 e. The fraction of sp³-hybridized carbons (Fsp3) is 0.200. The first-order valence-corrected chi connectivity index (χ1v) is 6.12. The quantitative estimate of drug-likeness (QED) is 0.850. The molecule has 1 heterocycles. The number of hydrogen-bond acceptors (Lipinski definition) is 3. The Morgan fingerprint density at radius 1 is 1.11 bits per heavy atom. The summed E-state index contributed by atoms with van der Waals surface area (Å²) in [5.41, 5.74) is 2.77. The first-order valence-electron chi connectivity index (χ1n) is 6.12. The number of rotatable bonds is 5. The summed E-state index contributed by atoms with van der Waals surface area (Å²) in [4.78, 5) is 15.7. The minimum absolute atomic E-state index is 0.0127. The molecule has 0 radical (unpaired) electrons. The molecule has 0 aliphatic rings. The van der Waals surface area contributed by atoms with Gasteiger partial charge in [0.25, 0.3) is 0 Å². The van der Waals surface area contributed by atoms with Crippen LogP contribution >= 0.6 is 0 Å². The average molecular weight is 256 g/mol. The molecular weight excluding hydrogens is 240 g/mol. The minimum Gasteiger partial charge on any atom is -0.392 e. The number of aliphatic hydroxyl groups excluding tert-OH is 1. The van der Waals surface area contributed by atoms with Crippen LogP contribution in [0.3, 0.4) is 0 Å². The standard InChI is InChI=1S/C15H16N2O2/c18-11-14-3-1-2-13(8-14)10-17-15(19)9-12-4-6-16-7-5-12/h1-8,18H,9-11H2,(H,17,19). The Bertz CT molecular complexity index is 541. The predicted octanol–water partition coefficient (Wildman–Crippen LogP) is 1.43. The third kappa shape index (κ3) is 4.19. The van der Waals surface area contributed by atoms with Crippen molar-refractivity contribution in [1.82, 2.24) is 10.3 Å². The molecule has 2 rings (SSSR count). The van der Waals surface area contributed by atoms with Gasteiger partial charge in [0.15, 0.2) is 0 Å². The normalized spacial score (nSPS) is 10.2. The van der Waals surface area contributed by atoms with E-state index in [1.54, 1.807) is 12.4 Å². The fourth-order valence-electron chi connectivity index (χ4n) is 1.79.